The fourth-order valence-corrected chi connectivity index (χ4v) is 4.01. The van der Waals surface area contributed by atoms with Crippen LogP contribution in [-0.4, -0.2) is 36.3 Å². The minimum atomic E-state index is -0.567. The zero-order valence-electron chi connectivity index (χ0n) is 17.7. The summed E-state index contributed by atoms with van der Waals surface area (Å²) in [5, 5.41) is 9.54. The number of unbranched alkanes of at least 4 members (excludes halogenated alkanes) is 2. The first-order valence-corrected chi connectivity index (χ1v) is 11.2. The van der Waals surface area contributed by atoms with Crippen molar-refractivity contribution in [1.82, 2.24) is 0 Å². The van der Waals surface area contributed by atoms with Gasteiger partial charge in [-0.3, -0.25) is 0 Å². The summed E-state index contributed by atoms with van der Waals surface area (Å²) in [5.74, 6) is 0.189. The summed E-state index contributed by atoms with van der Waals surface area (Å²) in [7, 11) is 0. The van der Waals surface area contributed by atoms with Crippen molar-refractivity contribution in [3.05, 3.63) is 36.4 Å². The highest BCUT2D eigenvalue weighted by Gasteiger charge is 2.40. The van der Waals surface area contributed by atoms with Crippen LogP contribution in [0.3, 0.4) is 0 Å². The average molecular weight is 405 g/mol. The van der Waals surface area contributed by atoms with Crippen LogP contribution in [-0.2, 0) is 14.5 Å². The van der Waals surface area contributed by atoms with Crippen LogP contribution in [0, 0.1) is 0 Å². The normalized spacial score (nSPS) is 22.8. The van der Waals surface area contributed by atoms with Gasteiger partial charge >= 0.3 is 0 Å². The first kappa shape index (κ1) is 22.3. The first-order chi connectivity index (χ1) is 14.2. The Morgan fingerprint density at radius 3 is 2.48 bits per heavy atom. The Bertz CT molecular complexity index is 609. The van der Waals surface area contributed by atoms with E-state index in [9.17, 15) is 5.11 Å². The Balaban J connectivity index is 1.51. The van der Waals surface area contributed by atoms with E-state index in [1.807, 2.05) is 24.3 Å². The maximum Gasteiger partial charge on any atom is 0.201 e. The first-order valence-electron chi connectivity index (χ1n) is 11.2. The van der Waals surface area contributed by atoms with Gasteiger partial charge in [-0.15, -0.1) is 0 Å². The molecule has 0 amide bonds. The summed E-state index contributed by atoms with van der Waals surface area (Å²) in [5.41, 5.74) is 1.81. The number of ether oxygens (including phenoxy) is 2. The number of benzene rings is 1. The molecule has 1 aliphatic carbocycles. The molecule has 2 aliphatic rings. The van der Waals surface area contributed by atoms with Gasteiger partial charge in [-0.05, 0) is 49.0 Å². The van der Waals surface area contributed by atoms with Gasteiger partial charge in [0, 0.05) is 12.8 Å². The van der Waals surface area contributed by atoms with Crippen molar-refractivity contribution >= 4 is 5.57 Å². The van der Waals surface area contributed by atoms with Gasteiger partial charge in [0.15, 0.2) is 0 Å². The van der Waals surface area contributed by atoms with E-state index in [1.54, 1.807) is 0 Å². The molecule has 3 rings (SSSR count). The summed E-state index contributed by atoms with van der Waals surface area (Å²) in [6, 6.07) is 7.77. The molecular formula is C24H36O5. The van der Waals surface area contributed by atoms with Gasteiger partial charge in [0.25, 0.3) is 0 Å². The van der Waals surface area contributed by atoms with Crippen LogP contribution in [0.25, 0.3) is 5.57 Å². The van der Waals surface area contributed by atoms with Crippen LogP contribution in [0.2, 0.25) is 0 Å². The zero-order valence-corrected chi connectivity index (χ0v) is 17.7. The second-order valence-electron chi connectivity index (χ2n) is 8.27. The molecule has 2 unspecified atom stereocenters. The Morgan fingerprint density at radius 1 is 1.17 bits per heavy atom. The van der Waals surface area contributed by atoms with Gasteiger partial charge in [0.1, 0.15) is 18.0 Å². The quantitative estimate of drug-likeness (QED) is 0.440. The van der Waals surface area contributed by atoms with Crippen molar-refractivity contribution in [3.63, 3.8) is 0 Å². The molecule has 1 saturated carbocycles. The van der Waals surface area contributed by atoms with Gasteiger partial charge < -0.3 is 14.6 Å². The molecule has 0 radical (unpaired) electrons. The zero-order chi connectivity index (χ0) is 20.5. The third kappa shape index (κ3) is 6.29. The third-order valence-corrected chi connectivity index (χ3v) is 5.93. The minimum Gasteiger partial charge on any atom is -0.488 e. The van der Waals surface area contributed by atoms with Crippen molar-refractivity contribution in [2.45, 2.75) is 89.1 Å². The maximum absolute atomic E-state index is 9.54. The van der Waals surface area contributed by atoms with E-state index in [0.29, 0.717) is 6.61 Å². The van der Waals surface area contributed by atoms with Crippen LogP contribution < -0.4 is 4.74 Å². The second-order valence-corrected chi connectivity index (χ2v) is 8.27. The Morgan fingerprint density at radius 2 is 1.90 bits per heavy atom. The molecule has 1 spiro atoms. The number of rotatable bonds is 9. The smallest absolute Gasteiger partial charge is 0.201 e. The SMILES string of the molecule is C=C(c1ccc(OC(CO)CCCCC)cc1)C1COC2(CCCCCC2)OO1. The molecule has 0 bridgehead atoms. The predicted octanol–water partition coefficient (Wildman–Crippen LogP) is 5.42. The van der Waals surface area contributed by atoms with Crippen LogP contribution in [0.1, 0.15) is 76.7 Å². The van der Waals surface area contributed by atoms with E-state index in [2.05, 4.69) is 13.5 Å². The highest BCUT2D eigenvalue weighted by molar-refractivity contribution is 5.67. The Kier molecular flexibility index (Phi) is 8.54. The Hall–Kier alpha value is -1.40. The number of aliphatic hydroxyl groups excluding tert-OH is 1. The largest absolute Gasteiger partial charge is 0.488 e. The summed E-state index contributed by atoms with van der Waals surface area (Å²) in [4.78, 5) is 11.5. The van der Waals surface area contributed by atoms with Crippen LogP contribution in [0.4, 0.5) is 0 Å². The molecule has 5 nitrogen and oxygen atoms in total. The second kappa shape index (κ2) is 11.1. The van der Waals surface area contributed by atoms with Crippen molar-refractivity contribution in [1.29, 1.82) is 0 Å². The van der Waals surface area contributed by atoms with E-state index in [4.69, 9.17) is 19.2 Å². The number of hydrogen-bond acceptors (Lipinski definition) is 5. The van der Waals surface area contributed by atoms with Gasteiger partial charge in [0.2, 0.25) is 5.79 Å². The molecule has 1 saturated heterocycles. The predicted molar refractivity (Wildman–Crippen MR) is 113 cm³/mol. The fourth-order valence-electron chi connectivity index (χ4n) is 4.01. The summed E-state index contributed by atoms with van der Waals surface area (Å²) in [6.07, 6.45) is 10.3. The maximum atomic E-state index is 9.54. The molecule has 2 atom stereocenters. The van der Waals surface area contributed by atoms with E-state index >= 15 is 0 Å². The summed E-state index contributed by atoms with van der Waals surface area (Å²) < 4.78 is 12.0. The van der Waals surface area contributed by atoms with Gasteiger partial charge in [-0.1, -0.05) is 51.3 Å². The highest BCUT2D eigenvalue weighted by Crippen LogP contribution is 2.37. The van der Waals surface area contributed by atoms with Crippen molar-refractivity contribution in [2.75, 3.05) is 13.2 Å². The van der Waals surface area contributed by atoms with Crippen molar-refractivity contribution in [2.24, 2.45) is 0 Å². The molecular weight excluding hydrogens is 368 g/mol. The molecule has 2 fully saturated rings. The number of hydrogen-bond donors (Lipinski definition) is 1. The molecule has 1 N–H and O–H groups in total. The lowest BCUT2D eigenvalue weighted by Crippen LogP contribution is -2.45. The lowest BCUT2D eigenvalue weighted by atomic mass is 10.0. The molecule has 5 heteroatoms. The average Bonchev–Trinajstić information content (AvgIpc) is 2.99. The lowest BCUT2D eigenvalue weighted by molar-refractivity contribution is -0.480. The molecule has 1 heterocycles. The van der Waals surface area contributed by atoms with E-state index in [-0.39, 0.29) is 18.8 Å². The minimum absolute atomic E-state index is 0.0323. The molecule has 1 aromatic rings. The fraction of sp³-hybridized carbons (Fsp3) is 0.667. The van der Waals surface area contributed by atoms with E-state index in [1.165, 1.54) is 12.8 Å². The third-order valence-electron chi connectivity index (χ3n) is 5.93. The van der Waals surface area contributed by atoms with Crippen LogP contribution >= 0.6 is 0 Å². The van der Waals surface area contributed by atoms with E-state index in [0.717, 1.165) is 68.3 Å². The standard InChI is InChI=1S/C24H36O5/c1-3-4-7-10-22(17-25)27-21-13-11-20(12-14-21)19(2)23-18-26-24(29-28-23)15-8-5-6-9-16-24/h11-14,22-23,25H,2-10,15-18H2,1H3. The van der Waals surface area contributed by atoms with Crippen LogP contribution in [0.5, 0.6) is 5.75 Å². The van der Waals surface area contributed by atoms with Gasteiger partial charge in [0.05, 0.1) is 13.2 Å². The molecule has 162 valence electrons. The van der Waals surface area contributed by atoms with E-state index < -0.39 is 5.79 Å². The Labute approximate surface area is 174 Å². The van der Waals surface area contributed by atoms with Gasteiger partial charge in [-0.25, -0.2) is 9.78 Å². The molecule has 0 aromatic heterocycles. The number of aliphatic hydroxyl groups is 1. The monoisotopic (exact) mass is 404 g/mol. The highest BCUT2D eigenvalue weighted by atomic mass is 17.2. The van der Waals surface area contributed by atoms with Gasteiger partial charge in [-0.2, -0.15) is 0 Å². The molecule has 1 aromatic carbocycles. The molecule has 1 aliphatic heterocycles. The molecule has 29 heavy (non-hydrogen) atoms. The van der Waals surface area contributed by atoms with Crippen molar-refractivity contribution in [3.8, 4) is 5.75 Å². The van der Waals surface area contributed by atoms with Crippen molar-refractivity contribution < 1.29 is 24.4 Å². The summed E-state index contributed by atoms with van der Waals surface area (Å²) in [6.45, 7) is 6.85. The van der Waals surface area contributed by atoms with Crippen LogP contribution in [0.15, 0.2) is 30.8 Å². The summed E-state index contributed by atoms with van der Waals surface area (Å²) >= 11 is 0. The topological polar surface area (TPSA) is 57.2 Å². The lowest BCUT2D eigenvalue weighted by Gasteiger charge is -2.38.